The number of halogens is 2. The van der Waals surface area contributed by atoms with Gasteiger partial charge in [-0.05, 0) is 6.07 Å². The molecule has 3 rings (SSSR count). The van der Waals surface area contributed by atoms with Crippen molar-refractivity contribution >= 4 is 22.8 Å². The van der Waals surface area contributed by atoms with Crippen LogP contribution in [0.5, 0.6) is 0 Å². The van der Waals surface area contributed by atoms with E-state index < -0.39 is 17.5 Å². The zero-order valence-corrected chi connectivity index (χ0v) is 12.1. The van der Waals surface area contributed by atoms with E-state index in [0.717, 1.165) is 17.2 Å². The van der Waals surface area contributed by atoms with E-state index in [-0.39, 0.29) is 34.0 Å². The van der Waals surface area contributed by atoms with Crippen molar-refractivity contribution in [3.8, 4) is 6.07 Å². The third kappa shape index (κ3) is 2.32. The number of aromatic nitrogens is 1. The monoisotopic (exact) mass is 317 g/mol. The molecule has 0 saturated heterocycles. The number of aryl methyl sites for hydroxylation is 1. The van der Waals surface area contributed by atoms with Gasteiger partial charge in [0, 0.05) is 25.4 Å². The molecule has 116 valence electrons. The highest BCUT2D eigenvalue weighted by Gasteiger charge is 2.25. The Morgan fingerprint density at radius 3 is 2.83 bits per heavy atom. The van der Waals surface area contributed by atoms with Crippen molar-refractivity contribution in [2.75, 3.05) is 11.9 Å². The fraction of sp³-hybridized carbons (Fsp3) is 0.133. The molecule has 1 aromatic carbocycles. The fourth-order valence-electron chi connectivity index (χ4n) is 2.22. The summed E-state index contributed by atoms with van der Waals surface area (Å²) in [5.41, 5.74) is -0.347. The molecule has 0 N–H and O–H groups in total. The molecular weight excluding hydrogens is 308 g/mol. The number of amides is 1. The number of fused-ring (bicyclic) bond motifs is 1. The quantitative estimate of drug-likeness (QED) is 0.725. The van der Waals surface area contributed by atoms with Gasteiger partial charge >= 0.3 is 0 Å². The normalized spacial score (nSPS) is 10.7. The van der Waals surface area contributed by atoms with Gasteiger partial charge in [0.15, 0.2) is 17.3 Å². The second kappa shape index (κ2) is 5.21. The molecule has 1 amide bonds. The number of nitrogens with zero attached hydrogens (tertiary/aromatic N) is 3. The van der Waals surface area contributed by atoms with E-state index in [4.69, 9.17) is 14.1 Å². The highest BCUT2D eigenvalue weighted by molar-refractivity contribution is 6.13. The van der Waals surface area contributed by atoms with Crippen LogP contribution in [0.2, 0.25) is 0 Å². The fourth-order valence-corrected chi connectivity index (χ4v) is 2.22. The minimum Gasteiger partial charge on any atom is -0.460 e. The molecule has 2 heterocycles. The first-order valence-corrected chi connectivity index (χ1v) is 6.44. The zero-order chi connectivity index (χ0) is 16.7. The average molecular weight is 317 g/mol. The van der Waals surface area contributed by atoms with E-state index >= 15 is 0 Å². The van der Waals surface area contributed by atoms with Crippen molar-refractivity contribution in [1.82, 2.24) is 4.98 Å². The number of hydrogen-bond donors (Lipinski definition) is 0. The van der Waals surface area contributed by atoms with Crippen LogP contribution in [-0.4, -0.2) is 17.9 Å². The number of rotatable bonds is 2. The van der Waals surface area contributed by atoms with E-state index in [9.17, 15) is 13.6 Å². The molecule has 0 saturated carbocycles. The summed E-state index contributed by atoms with van der Waals surface area (Å²) in [7, 11) is 1.36. The lowest BCUT2D eigenvalue weighted by Gasteiger charge is -2.12. The van der Waals surface area contributed by atoms with E-state index in [1.807, 2.05) is 6.07 Å². The summed E-state index contributed by atoms with van der Waals surface area (Å²) >= 11 is 0. The lowest BCUT2D eigenvalue weighted by atomic mass is 10.1. The molecule has 23 heavy (non-hydrogen) atoms. The van der Waals surface area contributed by atoms with Crippen molar-refractivity contribution < 1.29 is 22.4 Å². The van der Waals surface area contributed by atoms with Crippen LogP contribution in [0.4, 0.5) is 14.7 Å². The number of benzene rings is 1. The number of oxazole rings is 1. The third-order valence-corrected chi connectivity index (χ3v) is 3.25. The van der Waals surface area contributed by atoms with E-state index in [1.54, 1.807) is 0 Å². The minimum atomic E-state index is -0.907. The lowest BCUT2D eigenvalue weighted by Crippen LogP contribution is -2.26. The topological polar surface area (TPSA) is 83.3 Å². The van der Waals surface area contributed by atoms with E-state index in [1.165, 1.54) is 14.0 Å². The molecule has 0 atom stereocenters. The largest absolute Gasteiger partial charge is 0.460 e. The van der Waals surface area contributed by atoms with Gasteiger partial charge in [-0.3, -0.25) is 9.69 Å². The van der Waals surface area contributed by atoms with Crippen LogP contribution in [0.25, 0.3) is 11.0 Å². The van der Waals surface area contributed by atoms with Crippen LogP contribution >= 0.6 is 0 Å². The molecule has 0 radical (unpaired) electrons. The maximum Gasteiger partial charge on any atom is 0.264 e. The minimum absolute atomic E-state index is 0.00547. The molecular formula is C15H9F2N3O3. The third-order valence-electron chi connectivity index (χ3n) is 3.25. The summed E-state index contributed by atoms with van der Waals surface area (Å²) < 4.78 is 37.3. The molecule has 0 spiro atoms. The van der Waals surface area contributed by atoms with Crippen LogP contribution in [-0.2, 0) is 0 Å². The molecule has 6 nitrogen and oxygen atoms in total. The van der Waals surface area contributed by atoms with Crippen molar-refractivity contribution in [2.45, 2.75) is 6.92 Å². The van der Waals surface area contributed by atoms with Crippen molar-refractivity contribution in [3.63, 3.8) is 0 Å². The standard InChI is InChI=1S/C15H9F2N3O3/c1-7-19-12(5-18)15(23-7)20(2)14(21)10-6-22-13-9(10)3-8(16)4-11(13)17/h3-4,6H,1-2H3. The van der Waals surface area contributed by atoms with Crippen molar-refractivity contribution in [2.24, 2.45) is 0 Å². The molecule has 0 aliphatic heterocycles. The molecule has 8 heteroatoms. The molecule has 0 fully saturated rings. The predicted octanol–water partition coefficient (Wildman–Crippen LogP) is 3.16. The van der Waals surface area contributed by atoms with Crippen LogP contribution in [0.15, 0.2) is 27.2 Å². The van der Waals surface area contributed by atoms with Gasteiger partial charge in [0.1, 0.15) is 18.1 Å². The van der Waals surface area contributed by atoms with Gasteiger partial charge in [0.05, 0.1) is 5.56 Å². The number of hydrogen-bond acceptors (Lipinski definition) is 5. The summed E-state index contributed by atoms with van der Waals surface area (Å²) in [6.45, 7) is 1.53. The molecule has 0 bridgehead atoms. The highest BCUT2D eigenvalue weighted by atomic mass is 19.1. The molecule has 0 aliphatic rings. The second-order valence-electron chi connectivity index (χ2n) is 4.78. The van der Waals surface area contributed by atoms with Gasteiger partial charge in [-0.1, -0.05) is 0 Å². The Morgan fingerprint density at radius 1 is 1.39 bits per heavy atom. The van der Waals surface area contributed by atoms with E-state index in [0.29, 0.717) is 6.07 Å². The Morgan fingerprint density at radius 2 is 2.13 bits per heavy atom. The van der Waals surface area contributed by atoms with Gasteiger partial charge in [-0.25, -0.2) is 13.8 Å². The number of anilines is 1. The van der Waals surface area contributed by atoms with Gasteiger partial charge in [-0.2, -0.15) is 5.26 Å². The summed E-state index contributed by atoms with van der Waals surface area (Å²) in [6.07, 6.45) is 1.03. The number of carbonyl (C=O) groups is 1. The second-order valence-corrected chi connectivity index (χ2v) is 4.78. The predicted molar refractivity (Wildman–Crippen MR) is 74.8 cm³/mol. The first kappa shape index (κ1) is 14.7. The van der Waals surface area contributed by atoms with Crippen molar-refractivity contribution in [1.29, 1.82) is 5.26 Å². The number of furan rings is 1. The number of nitriles is 1. The number of carbonyl (C=O) groups excluding carboxylic acids is 1. The van der Waals surface area contributed by atoms with Gasteiger partial charge in [-0.15, -0.1) is 0 Å². The van der Waals surface area contributed by atoms with Crippen LogP contribution < -0.4 is 4.90 Å². The van der Waals surface area contributed by atoms with Crippen LogP contribution in [0.1, 0.15) is 21.9 Å². The van der Waals surface area contributed by atoms with Crippen LogP contribution in [0, 0.1) is 29.9 Å². The van der Waals surface area contributed by atoms with Gasteiger partial charge < -0.3 is 8.83 Å². The maximum atomic E-state index is 13.6. The van der Waals surface area contributed by atoms with E-state index in [2.05, 4.69) is 4.98 Å². The van der Waals surface area contributed by atoms with Crippen LogP contribution in [0.3, 0.4) is 0 Å². The Labute approximate surface area is 128 Å². The first-order valence-electron chi connectivity index (χ1n) is 6.44. The molecule has 3 aromatic rings. The highest BCUT2D eigenvalue weighted by Crippen LogP contribution is 2.28. The Balaban J connectivity index is 2.08. The summed E-state index contributed by atoms with van der Waals surface area (Å²) in [4.78, 5) is 17.4. The molecule has 0 unspecified atom stereocenters. The van der Waals surface area contributed by atoms with Gasteiger partial charge in [0.2, 0.25) is 11.6 Å². The molecule has 2 aromatic heterocycles. The first-order chi connectivity index (χ1) is 10.9. The average Bonchev–Trinajstić information content (AvgIpc) is 3.09. The Kier molecular flexibility index (Phi) is 3.33. The molecule has 0 aliphatic carbocycles. The maximum absolute atomic E-state index is 13.6. The lowest BCUT2D eigenvalue weighted by molar-refractivity contribution is 0.0989. The smallest absolute Gasteiger partial charge is 0.264 e. The van der Waals surface area contributed by atoms with Gasteiger partial charge in [0.25, 0.3) is 5.91 Å². The Bertz CT molecular complexity index is 968. The summed E-state index contributed by atoms with van der Waals surface area (Å²) in [5, 5.41) is 9.00. The summed E-state index contributed by atoms with van der Waals surface area (Å²) in [6, 6.07) is 3.47. The Hall–Kier alpha value is -3.21. The summed E-state index contributed by atoms with van der Waals surface area (Å²) in [5.74, 6) is -2.23. The zero-order valence-electron chi connectivity index (χ0n) is 12.1. The SMILES string of the molecule is Cc1nc(C#N)c(N(C)C(=O)c2coc3c(F)cc(F)cc23)o1. The van der Waals surface area contributed by atoms with Crippen molar-refractivity contribution in [3.05, 3.63) is 47.2 Å².